The van der Waals surface area contributed by atoms with E-state index in [9.17, 15) is 4.79 Å². The molecule has 1 aliphatic rings. The average molecular weight is 339 g/mol. The largest absolute Gasteiger partial charge is 0.353 e. The number of nitrogens with zero attached hydrogens (tertiary/aromatic N) is 5. The molecule has 1 aromatic heterocycles. The highest BCUT2D eigenvalue weighted by Crippen LogP contribution is 2.20. The van der Waals surface area contributed by atoms with Crippen molar-refractivity contribution in [3.8, 4) is 0 Å². The molecule has 25 heavy (non-hydrogen) atoms. The molecule has 0 atom stereocenters. The summed E-state index contributed by atoms with van der Waals surface area (Å²) in [6.45, 7) is 8.85. The minimum Gasteiger partial charge on any atom is -0.353 e. The zero-order chi connectivity index (χ0) is 17.6. The van der Waals surface area contributed by atoms with Gasteiger partial charge in [0.25, 0.3) is 0 Å². The van der Waals surface area contributed by atoms with E-state index in [2.05, 4.69) is 46.0 Å². The first-order valence-electron chi connectivity index (χ1n) is 8.78. The van der Waals surface area contributed by atoms with Crippen LogP contribution in [-0.4, -0.2) is 54.0 Å². The lowest BCUT2D eigenvalue weighted by Crippen LogP contribution is -2.46. The second-order valence-electron chi connectivity index (χ2n) is 6.30. The van der Waals surface area contributed by atoms with Crippen LogP contribution in [0.1, 0.15) is 18.2 Å². The molecular formula is C19H25N5O. The highest BCUT2D eigenvalue weighted by Gasteiger charge is 2.19. The Morgan fingerprint density at radius 2 is 1.84 bits per heavy atom. The van der Waals surface area contributed by atoms with E-state index >= 15 is 0 Å². The normalized spacial score (nSPS) is 14.5. The molecule has 0 unspecified atom stereocenters. The Morgan fingerprint density at radius 1 is 1.12 bits per heavy atom. The van der Waals surface area contributed by atoms with Gasteiger partial charge in [-0.25, -0.2) is 4.98 Å². The zero-order valence-electron chi connectivity index (χ0n) is 14.9. The van der Waals surface area contributed by atoms with Crippen LogP contribution < -0.4 is 9.80 Å². The standard InChI is InChI=1S/C19H25N5O/c1-3-23(14-17-7-5-4-6-8-17)19-20-16(2)13-18(21-19)24-11-9-22(15-25)10-12-24/h4-8,13,15H,3,9-12,14H2,1-2H3. The molecule has 2 aromatic rings. The van der Waals surface area contributed by atoms with Gasteiger partial charge in [-0.1, -0.05) is 30.3 Å². The van der Waals surface area contributed by atoms with Crippen molar-refractivity contribution in [2.75, 3.05) is 42.5 Å². The maximum atomic E-state index is 10.9. The van der Waals surface area contributed by atoms with E-state index in [0.29, 0.717) is 0 Å². The van der Waals surface area contributed by atoms with Crippen LogP contribution in [0.5, 0.6) is 0 Å². The maximum absolute atomic E-state index is 10.9. The van der Waals surface area contributed by atoms with Crippen molar-refractivity contribution in [3.05, 3.63) is 47.7 Å². The van der Waals surface area contributed by atoms with Crippen LogP contribution in [0.25, 0.3) is 0 Å². The Hall–Kier alpha value is -2.63. The number of carbonyl (C=O) groups is 1. The van der Waals surface area contributed by atoms with Crippen molar-refractivity contribution in [2.24, 2.45) is 0 Å². The predicted octanol–water partition coefficient (Wildman–Crippen LogP) is 2.09. The second kappa shape index (κ2) is 7.96. The molecule has 132 valence electrons. The summed E-state index contributed by atoms with van der Waals surface area (Å²) in [5.74, 6) is 1.71. The quantitative estimate of drug-likeness (QED) is 0.754. The van der Waals surface area contributed by atoms with Gasteiger partial charge in [0.05, 0.1) is 0 Å². The summed E-state index contributed by atoms with van der Waals surface area (Å²) < 4.78 is 0. The van der Waals surface area contributed by atoms with E-state index < -0.39 is 0 Å². The van der Waals surface area contributed by atoms with Gasteiger partial charge in [0.15, 0.2) is 0 Å². The van der Waals surface area contributed by atoms with Crippen molar-refractivity contribution in [2.45, 2.75) is 20.4 Å². The number of hydrogen-bond acceptors (Lipinski definition) is 5. The molecule has 2 heterocycles. The van der Waals surface area contributed by atoms with Crippen molar-refractivity contribution < 1.29 is 4.79 Å². The molecule has 1 saturated heterocycles. The Bertz CT molecular complexity index is 698. The number of aromatic nitrogens is 2. The first kappa shape index (κ1) is 17.2. The monoisotopic (exact) mass is 339 g/mol. The predicted molar refractivity (Wildman–Crippen MR) is 99.8 cm³/mol. The summed E-state index contributed by atoms with van der Waals surface area (Å²) in [4.78, 5) is 26.6. The molecule has 0 bridgehead atoms. The summed E-state index contributed by atoms with van der Waals surface area (Å²) in [7, 11) is 0. The lowest BCUT2D eigenvalue weighted by Gasteiger charge is -2.34. The average Bonchev–Trinajstić information content (AvgIpc) is 2.66. The van der Waals surface area contributed by atoms with Crippen LogP contribution in [0.4, 0.5) is 11.8 Å². The summed E-state index contributed by atoms with van der Waals surface area (Å²) in [6.07, 6.45) is 0.923. The maximum Gasteiger partial charge on any atom is 0.227 e. The molecule has 0 spiro atoms. The second-order valence-corrected chi connectivity index (χ2v) is 6.30. The molecule has 1 aliphatic heterocycles. The molecule has 6 nitrogen and oxygen atoms in total. The van der Waals surface area contributed by atoms with E-state index in [-0.39, 0.29) is 0 Å². The number of rotatable bonds is 6. The first-order valence-corrected chi connectivity index (χ1v) is 8.78. The smallest absolute Gasteiger partial charge is 0.227 e. The van der Waals surface area contributed by atoms with Gasteiger partial charge < -0.3 is 14.7 Å². The lowest BCUT2D eigenvalue weighted by molar-refractivity contribution is -0.118. The lowest BCUT2D eigenvalue weighted by atomic mass is 10.2. The molecule has 0 saturated carbocycles. The van der Waals surface area contributed by atoms with Gasteiger partial charge in [-0.3, -0.25) is 4.79 Å². The van der Waals surface area contributed by atoms with Gasteiger partial charge in [-0.15, -0.1) is 0 Å². The summed E-state index contributed by atoms with van der Waals surface area (Å²) in [5.41, 5.74) is 2.21. The molecule has 1 fully saturated rings. The topological polar surface area (TPSA) is 52.6 Å². The highest BCUT2D eigenvalue weighted by atomic mass is 16.1. The third-order valence-corrected chi connectivity index (χ3v) is 4.50. The van der Waals surface area contributed by atoms with Crippen molar-refractivity contribution in [3.63, 3.8) is 0 Å². The zero-order valence-corrected chi connectivity index (χ0v) is 14.9. The van der Waals surface area contributed by atoms with Crippen LogP contribution in [0.2, 0.25) is 0 Å². The Kier molecular flexibility index (Phi) is 5.48. The Labute approximate surface area is 149 Å². The Balaban J connectivity index is 1.79. The van der Waals surface area contributed by atoms with E-state index in [0.717, 1.165) is 63.1 Å². The van der Waals surface area contributed by atoms with Gasteiger partial charge in [-0.2, -0.15) is 4.98 Å². The third kappa shape index (κ3) is 4.26. The molecule has 0 radical (unpaired) electrons. The van der Waals surface area contributed by atoms with Gasteiger partial charge in [0.1, 0.15) is 5.82 Å². The van der Waals surface area contributed by atoms with Crippen LogP contribution >= 0.6 is 0 Å². The van der Waals surface area contributed by atoms with Crippen molar-refractivity contribution in [1.29, 1.82) is 0 Å². The fourth-order valence-corrected chi connectivity index (χ4v) is 3.02. The van der Waals surface area contributed by atoms with Crippen molar-refractivity contribution in [1.82, 2.24) is 14.9 Å². The van der Waals surface area contributed by atoms with E-state index in [1.165, 1.54) is 5.56 Å². The number of amides is 1. The van der Waals surface area contributed by atoms with Gasteiger partial charge in [-0.05, 0) is 19.4 Å². The molecule has 0 aliphatic carbocycles. The molecule has 1 amide bonds. The van der Waals surface area contributed by atoms with E-state index in [1.807, 2.05) is 19.1 Å². The van der Waals surface area contributed by atoms with Crippen LogP contribution in [0, 0.1) is 6.92 Å². The van der Waals surface area contributed by atoms with E-state index in [1.54, 1.807) is 4.90 Å². The van der Waals surface area contributed by atoms with Crippen molar-refractivity contribution >= 4 is 18.2 Å². The van der Waals surface area contributed by atoms with Crippen LogP contribution in [0.3, 0.4) is 0 Å². The molecule has 1 aromatic carbocycles. The summed E-state index contributed by atoms with van der Waals surface area (Å²) in [6, 6.07) is 12.4. The fourth-order valence-electron chi connectivity index (χ4n) is 3.02. The minimum atomic E-state index is 0.739. The SMILES string of the molecule is CCN(Cc1ccccc1)c1nc(C)cc(N2CCN(C=O)CC2)n1. The number of hydrogen-bond donors (Lipinski definition) is 0. The van der Waals surface area contributed by atoms with Gasteiger partial charge in [0, 0.05) is 51.0 Å². The summed E-state index contributed by atoms with van der Waals surface area (Å²) >= 11 is 0. The molecule has 0 N–H and O–H groups in total. The number of anilines is 2. The first-order chi connectivity index (χ1) is 12.2. The molecular weight excluding hydrogens is 314 g/mol. The summed E-state index contributed by atoms with van der Waals surface area (Å²) in [5, 5.41) is 0. The van der Waals surface area contributed by atoms with E-state index in [4.69, 9.17) is 4.98 Å². The number of aryl methyl sites for hydroxylation is 1. The highest BCUT2D eigenvalue weighted by molar-refractivity contribution is 5.50. The fraction of sp³-hybridized carbons (Fsp3) is 0.421. The Morgan fingerprint density at radius 3 is 2.48 bits per heavy atom. The molecule has 3 rings (SSSR count). The van der Waals surface area contributed by atoms with Gasteiger partial charge >= 0.3 is 0 Å². The van der Waals surface area contributed by atoms with Crippen LogP contribution in [-0.2, 0) is 11.3 Å². The minimum absolute atomic E-state index is 0.739. The van der Waals surface area contributed by atoms with Crippen LogP contribution in [0.15, 0.2) is 36.4 Å². The number of piperazine rings is 1. The van der Waals surface area contributed by atoms with Gasteiger partial charge in [0.2, 0.25) is 12.4 Å². The number of carbonyl (C=O) groups excluding carboxylic acids is 1. The molecule has 6 heteroatoms. The third-order valence-electron chi connectivity index (χ3n) is 4.50. The number of benzene rings is 1.